The second-order valence-corrected chi connectivity index (χ2v) is 5.32. The van der Waals surface area contributed by atoms with Crippen molar-refractivity contribution in [2.24, 2.45) is 0 Å². The molecule has 0 N–H and O–H groups in total. The maximum Gasteiger partial charge on any atom is 0.0767 e. The van der Waals surface area contributed by atoms with Gasteiger partial charge in [-0.3, -0.25) is 0 Å². The third-order valence-corrected chi connectivity index (χ3v) is 4.20. The molecule has 0 aliphatic heterocycles. The normalized spacial score (nSPS) is 14.8. The minimum absolute atomic E-state index is 0.0429. The Bertz CT molecular complexity index is 155. The summed E-state index contributed by atoms with van der Waals surface area (Å²) >= 11 is 4.46. The topological polar surface area (TPSA) is 9.23 Å². The third-order valence-electron chi connectivity index (χ3n) is 3.62. The Morgan fingerprint density at radius 1 is 0.882 bits per heavy atom. The first kappa shape index (κ1) is 17.3. The Balaban J connectivity index is 3.61. The lowest BCUT2D eigenvalue weighted by Gasteiger charge is -2.31. The predicted molar refractivity (Wildman–Crippen MR) is 81.1 cm³/mol. The van der Waals surface area contributed by atoms with Crippen LogP contribution in [0, 0.1) is 0 Å². The summed E-state index contributed by atoms with van der Waals surface area (Å²) in [6, 6.07) is 0. The van der Waals surface area contributed by atoms with Gasteiger partial charge in [-0.25, -0.2) is 0 Å². The highest BCUT2D eigenvalue weighted by Gasteiger charge is 2.25. The van der Waals surface area contributed by atoms with Gasteiger partial charge in [0.05, 0.1) is 5.60 Å². The molecular weight excluding hydrogens is 228 g/mol. The van der Waals surface area contributed by atoms with Crippen molar-refractivity contribution < 1.29 is 4.74 Å². The molecular formula is C15H32OS. The van der Waals surface area contributed by atoms with Gasteiger partial charge in [-0.05, 0) is 19.8 Å². The van der Waals surface area contributed by atoms with E-state index in [1.54, 1.807) is 0 Å². The maximum atomic E-state index is 5.90. The molecule has 0 aliphatic rings. The highest BCUT2D eigenvalue weighted by molar-refractivity contribution is 7.80. The first-order valence-corrected chi connectivity index (χ1v) is 8.12. The SMILES string of the molecule is CCCCCCCCCC(CC)(CS)OCC. The lowest BCUT2D eigenvalue weighted by atomic mass is 9.94. The fraction of sp³-hybridized carbons (Fsp3) is 1.00. The molecule has 0 saturated carbocycles. The second-order valence-electron chi connectivity index (χ2n) is 5.00. The van der Waals surface area contributed by atoms with E-state index in [0.29, 0.717) is 0 Å². The van der Waals surface area contributed by atoms with E-state index in [1.165, 1.54) is 51.4 Å². The molecule has 1 atom stereocenters. The van der Waals surface area contributed by atoms with Gasteiger partial charge in [0.1, 0.15) is 0 Å². The standard InChI is InChI=1S/C15H32OS/c1-4-7-8-9-10-11-12-13-15(5-2,14-17)16-6-3/h17H,4-14H2,1-3H3. The molecule has 0 fully saturated rings. The maximum absolute atomic E-state index is 5.90. The zero-order chi connectivity index (χ0) is 13.0. The molecule has 17 heavy (non-hydrogen) atoms. The van der Waals surface area contributed by atoms with Crippen molar-refractivity contribution in [2.45, 2.75) is 84.2 Å². The minimum atomic E-state index is 0.0429. The van der Waals surface area contributed by atoms with Gasteiger partial charge >= 0.3 is 0 Å². The van der Waals surface area contributed by atoms with Crippen molar-refractivity contribution in [1.82, 2.24) is 0 Å². The summed E-state index contributed by atoms with van der Waals surface area (Å²) < 4.78 is 5.90. The highest BCUT2D eigenvalue weighted by Crippen LogP contribution is 2.25. The lowest BCUT2D eigenvalue weighted by molar-refractivity contribution is -0.0311. The molecule has 0 amide bonds. The molecule has 0 aromatic rings. The Labute approximate surface area is 114 Å². The van der Waals surface area contributed by atoms with Crippen LogP contribution in [0.15, 0.2) is 0 Å². The minimum Gasteiger partial charge on any atom is -0.374 e. The van der Waals surface area contributed by atoms with Crippen LogP contribution in [0.2, 0.25) is 0 Å². The summed E-state index contributed by atoms with van der Waals surface area (Å²) in [6.07, 6.45) is 11.8. The van der Waals surface area contributed by atoms with E-state index in [2.05, 4.69) is 33.4 Å². The van der Waals surface area contributed by atoms with Crippen LogP contribution in [0.4, 0.5) is 0 Å². The molecule has 0 heterocycles. The van der Waals surface area contributed by atoms with Crippen molar-refractivity contribution in [3.8, 4) is 0 Å². The summed E-state index contributed by atoms with van der Waals surface area (Å²) in [5.74, 6) is 0.854. The lowest BCUT2D eigenvalue weighted by Crippen LogP contribution is -2.34. The Hall–Kier alpha value is 0.310. The molecule has 1 nitrogen and oxygen atoms in total. The van der Waals surface area contributed by atoms with Gasteiger partial charge in [0.25, 0.3) is 0 Å². The smallest absolute Gasteiger partial charge is 0.0767 e. The highest BCUT2D eigenvalue weighted by atomic mass is 32.1. The summed E-state index contributed by atoms with van der Waals surface area (Å²) in [6.45, 7) is 7.38. The number of thiol groups is 1. The monoisotopic (exact) mass is 260 g/mol. The number of ether oxygens (including phenoxy) is 1. The molecule has 0 aromatic heterocycles. The Morgan fingerprint density at radius 2 is 1.47 bits per heavy atom. The molecule has 0 spiro atoms. The fourth-order valence-corrected chi connectivity index (χ4v) is 2.77. The first-order chi connectivity index (χ1) is 8.24. The summed E-state index contributed by atoms with van der Waals surface area (Å²) in [5, 5.41) is 0. The number of hydrogen-bond donors (Lipinski definition) is 1. The van der Waals surface area contributed by atoms with Crippen molar-refractivity contribution in [3.63, 3.8) is 0 Å². The van der Waals surface area contributed by atoms with Gasteiger partial charge in [0.2, 0.25) is 0 Å². The molecule has 104 valence electrons. The van der Waals surface area contributed by atoms with Crippen LogP contribution in [0.25, 0.3) is 0 Å². The molecule has 0 rings (SSSR count). The molecule has 0 saturated heterocycles. The van der Waals surface area contributed by atoms with Gasteiger partial charge in [0.15, 0.2) is 0 Å². The van der Waals surface area contributed by atoms with E-state index in [9.17, 15) is 0 Å². The fourth-order valence-electron chi connectivity index (χ4n) is 2.30. The molecule has 0 aromatic carbocycles. The summed E-state index contributed by atoms with van der Waals surface area (Å²) in [7, 11) is 0. The molecule has 1 unspecified atom stereocenters. The van der Waals surface area contributed by atoms with Gasteiger partial charge in [-0.2, -0.15) is 12.6 Å². The van der Waals surface area contributed by atoms with Crippen molar-refractivity contribution in [3.05, 3.63) is 0 Å². The van der Waals surface area contributed by atoms with Gasteiger partial charge in [0, 0.05) is 12.4 Å². The Kier molecular flexibility index (Phi) is 11.6. The van der Waals surface area contributed by atoms with Crippen LogP contribution in [0.5, 0.6) is 0 Å². The van der Waals surface area contributed by atoms with Gasteiger partial charge in [-0.15, -0.1) is 0 Å². The third kappa shape index (κ3) is 8.10. The number of unbranched alkanes of at least 4 members (excludes halogenated alkanes) is 6. The number of hydrogen-bond acceptors (Lipinski definition) is 2. The van der Waals surface area contributed by atoms with Crippen LogP contribution in [-0.4, -0.2) is 18.0 Å². The quantitative estimate of drug-likeness (QED) is 0.373. The predicted octanol–water partition coefficient (Wildman–Crippen LogP) is 5.24. The zero-order valence-electron chi connectivity index (χ0n) is 12.1. The summed E-state index contributed by atoms with van der Waals surface area (Å²) in [5.41, 5.74) is 0.0429. The zero-order valence-corrected chi connectivity index (χ0v) is 13.0. The van der Waals surface area contributed by atoms with Crippen molar-refractivity contribution in [1.29, 1.82) is 0 Å². The van der Waals surface area contributed by atoms with Crippen LogP contribution in [0.1, 0.15) is 78.6 Å². The second kappa shape index (κ2) is 11.4. The summed E-state index contributed by atoms with van der Waals surface area (Å²) in [4.78, 5) is 0. The largest absolute Gasteiger partial charge is 0.374 e. The van der Waals surface area contributed by atoms with Gasteiger partial charge in [-0.1, -0.05) is 58.8 Å². The van der Waals surface area contributed by atoms with Crippen LogP contribution < -0.4 is 0 Å². The molecule has 0 aliphatic carbocycles. The van der Waals surface area contributed by atoms with Crippen LogP contribution in [-0.2, 0) is 4.74 Å². The average molecular weight is 260 g/mol. The first-order valence-electron chi connectivity index (χ1n) is 7.49. The van der Waals surface area contributed by atoms with Crippen LogP contribution in [0.3, 0.4) is 0 Å². The molecule has 0 bridgehead atoms. The van der Waals surface area contributed by atoms with E-state index >= 15 is 0 Å². The van der Waals surface area contributed by atoms with E-state index in [0.717, 1.165) is 18.8 Å². The molecule has 2 heteroatoms. The Morgan fingerprint density at radius 3 is 1.94 bits per heavy atom. The van der Waals surface area contributed by atoms with E-state index in [1.807, 2.05) is 0 Å². The number of rotatable bonds is 12. The van der Waals surface area contributed by atoms with E-state index in [-0.39, 0.29) is 5.60 Å². The molecule has 0 radical (unpaired) electrons. The van der Waals surface area contributed by atoms with Crippen molar-refractivity contribution >= 4 is 12.6 Å². The van der Waals surface area contributed by atoms with E-state index < -0.39 is 0 Å². The van der Waals surface area contributed by atoms with Gasteiger partial charge < -0.3 is 4.74 Å². The van der Waals surface area contributed by atoms with E-state index in [4.69, 9.17) is 4.74 Å². The van der Waals surface area contributed by atoms with Crippen molar-refractivity contribution in [2.75, 3.05) is 12.4 Å². The average Bonchev–Trinajstić information content (AvgIpc) is 2.36. The van der Waals surface area contributed by atoms with Crippen LogP contribution >= 0.6 is 12.6 Å².